The average Bonchev–Trinajstić information content (AvgIpc) is 3.25. The quantitative estimate of drug-likeness (QED) is 0.0879. The van der Waals surface area contributed by atoms with Gasteiger partial charge in [0.1, 0.15) is 11.6 Å². The lowest BCUT2D eigenvalue weighted by Gasteiger charge is -2.33. The molecule has 0 amide bonds. The third kappa shape index (κ3) is 7.92. The van der Waals surface area contributed by atoms with Crippen molar-refractivity contribution in [1.29, 1.82) is 0 Å². The largest absolute Gasteiger partial charge is 0.460 e. The lowest BCUT2D eigenvalue weighted by molar-refractivity contribution is -0.396. The Bertz CT molecular complexity index is 1340. The van der Waals surface area contributed by atoms with Crippen LogP contribution in [0.1, 0.15) is 70.8 Å². The molecule has 1 fully saturated rings. The van der Waals surface area contributed by atoms with Gasteiger partial charge < -0.3 is 9.47 Å². The second-order valence-corrected chi connectivity index (χ2v) is 11.3. The maximum absolute atomic E-state index is 14.7. The molecule has 3 rings (SSSR count). The van der Waals surface area contributed by atoms with E-state index in [1.54, 1.807) is 18.2 Å². The smallest absolute Gasteiger partial charge is 0.447 e. The molecule has 1 aliphatic rings. The predicted molar refractivity (Wildman–Crippen MR) is 143 cm³/mol. The van der Waals surface area contributed by atoms with Crippen LogP contribution in [0.15, 0.2) is 42.5 Å². The zero-order valence-corrected chi connectivity index (χ0v) is 24.4. The van der Waals surface area contributed by atoms with Gasteiger partial charge in [-0.25, -0.2) is 9.18 Å². The average molecular weight is 659 g/mol. The number of aryl methyl sites for hydroxylation is 1. The third-order valence-corrected chi connectivity index (χ3v) is 7.73. The van der Waals surface area contributed by atoms with Crippen molar-refractivity contribution in [2.45, 2.75) is 101 Å². The molecule has 0 radical (unpaired) electrons. The first-order valence-corrected chi connectivity index (χ1v) is 14.3. The summed E-state index contributed by atoms with van der Waals surface area (Å²) in [5.41, 5.74) is -0.309. The minimum Gasteiger partial charge on any atom is -0.447 e. The summed E-state index contributed by atoms with van der Waals surface area (Å²) in [5.74, 6) is -21.2. The lowest BCUT2D eigenvalue weighted by Crippen LogP contribution is -2.60. The van der Waals surface area contributed by atoms with E-state index in [-0.39, 0.29) is 42.9 Å². The molecule has 0 saturated carbocycles. The van der Waals surface area contributed by atoms with E-state index in [0.717, 1.165) is 12.8 Å². The van der Waals surface area contributed by atoms with Crippen LogP contribution in [-0.2, 0) is 20.7 Å². The SMILES string of the molecule is CCCC[C@H]1C[C@@](C)(C(=O)Oc2ccc(-c3ccc(CCCCCC(F)(F)C(F)(F)C(F)(F)C(F)(F)F)c(F)c3)cc2)OC1=O. The Morgan fingerprint density at radius 3 is 2.09 bits per heavy atom. The number of cyclic esters (lactones) is 1. The van der Waals surface area contributed by atoms with Crippen molar-refractivity contribution in [2.24, 2.45) is 5.92 Å². The third-order valence-electron chi connectivity index (χ3n) is 7.73. The van der Waals surface area contributed by atoms with Gasteiger partial charge in [0.2, 0.25) is 5.60 Å². The normalized spacial score (nSPS) is 19.5. The van der Waals surface area contributed by atoms with E-state index >= 15 is 0 Å². The zero-order valence-electron chi connectivity index (χ0n) is 24.4. The van der Waals surface area contributed by atoms with E-state index < -0.39 is 60.1 Å². The highest BCUT2D eigenvalue weighted by Crippen LogP contribution is 2.54. The van der Waals surface area contributed by atoms with Gasteiger partial charge in [0.25, 0.3) is 0 Å². The second-order valence-electron chi connectivity index (χ2n) is 11.3. The molecule has 0 N–H and O–H groups in total. The van der Waals surface area contributed by atoms with Crippen LogP contribution in [0, 0.1) is 11.7 Å². The molecule has 2 aromatic carbocycles. The highest BCUT2D eigenvalue weighted by molar-refractivity contribution is 5.88. The molecule has 0 unspecified atom stereocenters. The molecule has 1 aliphatic heterocycles. The summed E-state index contributed by atoms with van der Waals surface area (Å²) in [6.45, 7) is 3.48. The van der Waals surface area contributed by atoms with E-state index in [9.17, 15) is 53.5 Å². The molecular formula is C31H32F10O4. The summed E-state index contributed by atoms with van der Waals surface area (Å²) in [7, 11) is 0. The van der Waals surface area contributed by atoms with E-state index in [1.165, 1.54) is 31.2 Å². The van der Waals surface area contributed by atoms with Crippen molar-refractivity contribution < 1.29 is 63.0 Å². The number of hydrogen-bond donors (Lipinski definition) is 0. The van der Waals surface area contributed by atoms with Gasteiger partial charge in [0.15, 0.2) is 0 Å². The molecule has 45 heavy (non-hydrogen) atoms. The maximum Gasteiger partial charge on any atom is 0.460 e. The summed E-state index contributed by atoms with van der Waals surface area (Å²) in [5, 5.41) is 0. The summed E-state index contributed by atoms with van der Waals surface area (Å²) >= 11 is 0. The van der Waals surface area contributed by atoms with Gasteiger partial charge in [-0.3, -0.25) is 4.79 Å². The molecule has 0 spiro atoms. The molecule has 0 aliphatic carbocycles. The standard InChI is InChI=1S/C31H32F10O4/c1-3-4-8-22-18-27(2,45-25(22)42)26(43)44-23-14-12-19(13-15-23)21-11-10-20(24(32)17-21)9-6-5-7-16-28(33,34)29(35,36)30(37,38)31(39,40)41/h10-15,17,22H,3-9,16,18H2,1-2H3/t22-,27-/m0/s1. The van der Waals surface area contributed by atoms with Gasteiger partial charge in [0, 0.05) is 12.8 Å². The van der Waals surface area contributed by atoms with Crippen molar-refractivity contribution in [3.05, 3.63) is 53.8 Å². The molecule has 1 saturated heterocycles. The van der Waals surface area contributed by atoms with Crippen molar-refractivity contribution in [2.75, 3.05) is 0 Å². The lowest BCUT2D eigenvalue weighted by atomic mass is 9.92. The maximum atomic E-state index is 14.7. The first kappa shape index (κ1) is 36.2. The van der Waals surface area contributed by atoms with Crippen LogP contribution in [0.25, 0.3) is 11.1 Å². The summed E-state index contributed by atoms with van der Waals surface area (Å²) < 4.78 is 142. The highest BCUT2D eigenvalue weighted by atomic mass is 19.4. The Morgan fingerprint density at radius 2 is 1.51 bits per heavy atom. The van der Waals surface area contributed by atoms with Crippen LogP contribution < -0.4 is 4.74 Å². The van der Waals surface area contributed by atoms with Gasteiger partial charge >= 0.3 is 35.9 Å². The fraction of sp³-hybridized carbons (Fsp3) is 0.548. The van der Waals surface area contributed by atoms with Gasteiger partial charge in [-0.1, -0.05) is 50.5 Å². The molecule has 14 heteroatoms. The summed E-state index contributed by atoms with van der Waals surface area (Å²) in [6, 6.07) is 10.2. The van der Waals surface area contributed by atoms with E-state index in [0.29, 0.717) is 17.5 Å². The summed E-state index contributed by atoms with van der Waals surface area (Å²) in [6.07, 6.45) is -7.36. The number of esters is 2. The zero-order chi connectivity index (χ0) is 33.8. The Hall–Kier alpha value is -3.32. The first-order chi connectivity index (χ1) is 20.8. The molecule has 1 heterocycles. The molecule has 2 atom stereocenters. The minimum absolute atomic E-state index is 0.0266. The Labute approximate surface area is 253 Å². The number of benzene rings is 2. The number of ether oxygens (including phenoxy) is 2. The fourth-order valence-corrected chi connectivity index (χ4v) is 4.96. The number of unbranched alkanes of at least 4 members (excludes halogenated alkanes) is 3. The van der Waals surface area contributed by atoms with Crippen LogP contribution in [0.4, 0.5) is 43.9 Å². The van der Waals surface area contributed by atoms with Gasteiger partial charge in [-0.2, -0.15) is 39.5 Å². The van der Waals surface area contributed by atoms with Crippen molar-refractivity contribution in [1.82, 2.24) is 0 Å². The van der Waals surface area contributed by atoms with Gasteiger partial charge in [-0.15, -0.1) is 0 Å². The number of carbonyl (C=O) groups is 2. The van der Waals surface area contributed by atoms with Crippen LogP contribution in [0.2, 0.25) is 0 Å². The number of hydrogen-bond acceptors (Lipinski definition) is 4. The van der Waals surface area contributed by atoms with Crippen LogP contribution in [0.5, 0.6) is 5.75 Å². The van der Waals surface area contributed by atoms with Gasteiger partial charge in [0.05, 0.1) is 5.92 Å². The highest BCUT2D eigenvalue weighted by Gasteiger charge is 2.81. The molecular weight excluding hydrogens is 626 g/mol. The van der Waals surface area contributed by atoms with Gasteiger partial charge in [-0.05, 0) is 67.5 Å². The molecule has 0 aromatic heterocycles. The predicted octanol–water partition coefficient (Wildman–Crippen LogP) is 9.48. The first-order valence-electron chi connectivity index (χ1n) is 14.3. The van der Waals surface area contributed by atoms with Crippen molar-refractivity contribution >= 4 is 11.9 Å². The molecule has 2 aromatic rings. The minimum atomic E-state index is -6.92. The molecule has 250 valence electrons. The fourth-order valence-electron chi connectivity index (χ4n) is 4.96. The topological polar surface area (TPSA) is 52.6 Å². The van der Waals surface area contributed by atoms with Crippen LogP contribution in [0.3, 0.4) is 0 Å². The number of rotatable bonds is 14. The number of carbonyl (C=O) groups excluding carboxylic acids is 2. The number of halogens is 10. The Kier molecular flexibility index (Phi) is 10.9. The monoisotopic (exact) mass is 658 g/mol. The van der Waals surface area contributed by atoms with Crippen LogP contribution >= 0.6 is 0 Å². The Morgan fingerprint density at radius 1 is 0.889 bits per heavy atom. The summed E-state index contributed by atoms with van der Waals surface area (Å²) in [4.78, 5) is 24.9. The second kappa shape index (κ2) is 13.6. The van der Waals surface area contributed by atoms with E-state index in [1.807, 2.05) is 6.92 Å². The van der Waals surface area contributed by atoms with Crippen LogP contribution in [-0.4, -0.2) is 41.5 Å². The number of alkyl halides is 9. The molecule has 0 bridgehead atoms. The Balaban J connectivity index is 1.52. The van der Waals surface area contributed by atoms with Crippen molar-refractivity contribution in [3.63, 3.8) is 0 Å². The van der Waals surface area contributed by atoms with E-state index in [4.69, 9.17) is 9.47 Å². The van der Waals surface area contributed by atoms with E-state index in [2.05, 4.69) is 0 Å². The van der Waals surface area contributed by atoms with Crippen molar-refractivity contribution in [3.8, 4) is 16.9 Å². The molecule has 4 nitrogen and oxygen atoms in total.